The van der Waals surface area contributed by atoms with E-state index in [1.807, 2.05) is 41.4 Å². The zero-order valence-electron chi connectivity index (χ0n) is 74.3. The number of aryl methyl sites for hydroxylation is 2. The summed E-state index contributed by atoms with van der Waals surface area (Å²) in [5.41, 5.74) is 18.1. The van der Waals surface area contributed by atoms with Crippen molar-refractivity contribution in [3.63, 3.8) is 0 Å². The molecule has 0 aliphatic heterocycles. The van der Waals surface area contributed by atoms with Gasteiger partial charge in [0.1, 0.15) is 0 Å². The topological polar surface area (TPSA) is 19.4 Å². The quantitative estimate of drug-likeness (QED) is 0.125. The van der Waals surface area contributed by atoms with Crippen LogP contribution in [0.4, 0.5) is 11.4 Å². The van der Waals surface area contributed by atoms with Crippen LogP contribution in [0, 0.1) is 13.8 Å². The third-order valence-electron chi connectivity index (χ3n) is 21.0. The van der Waals surface area contributed by atoms with E-state index in [0.717, 1.165) is 0 Å². The van der Waals surface area contributed by atoms with Gasteiger partial charge in [-0.25, -0.2) is 0 Å². The lowest BCUT2D eigenvalue weighted by Gasteiger charge is -2.36. The van der Waals surface area contributed by atoms with Gasteiger partial charge in [-0.05, 0) is 316 Å². The Kier molecular flexibility index (Phi) is 41.0. The lowest BCUT2D eigenvalue weighted by Crippen LogP contribution is -2.42. The van der Waals surface area contributed by atoms with Gasteiger partial charge in [0, 0.05) is 70.8 Å². The summed E-state index contributed by atoms with van der Waals surface area (Å²) in [6.07, 6.45) is 6.53. The van der Waals surface area contributed by atoms with Crippen LogP contribution in [0.25, 0.3) is 11.1 Å². The Bertz CT molecular complexity index is 3360. The molecular weight excluding hydrogens is 1350 g/mol. The van der Waals surface area contributed by atoms with Crippen molar-refractivity contribution in [2.45, 2.75) is 246 Å². The molecule has 8 aromatic carbocycles. The predicted molar refractivity (Wildman–Crippen MR) is 488 cm³/mol. The van der Waals surface area contributed by atoms with E-state index < -0.39 is 0 Å². The highest BCUT2D eigenvalue weighted by Gasteiger charge is 2.38. The van der Waals surface area contributed by atoms with Crippen LogP contribution in [-0.2, 0) is 14.2 Å². The summed E-state index contributed by atoms with van der Waals surface area (Å²) in [7, 11) is 16.9. The average Bonchev–Trinajstić information content (AvgIpc) is 1.58. The van der Waals surface area contributed by atoms with E-state index >= 15 is 0 Å². The predicted octanol–water partition coefficient (Wildman–Crippen LogP) is 26.3. The summed E-state index contributed by atoms with van der Waals surface area (Å²) in [4.78, 5) is 13.7. The molecule has 0 atom stereocenters. The fraction of sp³-hybridized carbons (Fsp3) is 0.505. The molecule has 0 N–H and O–H groups in total. The molecule has 0 spiro atoms. The third kappa shape index (κ3) is 31.7. The Hall–Kier alpha value is -5.75. The second-order valence-corrected chi connectivity index (χ2v) is 38.9. The molecule has 0 radical (unpaired) electrons. The summed E-state index contributed by atoms with van der Waals surface area (Å²) >= 11 is 5.68. The van der Waals surface area contributed by atoms with Crippen LogP contribution in [-0.4, -0.2) is 140 Å². The zero-order valence-corrected chi connectivity index (χ0v) is 76.8. The van der Waals surface area contributed by atoms with Gasteiger partial charge in [-0.15, -0.1) is 35.3 Å². The maximum absolute atomic E-state index is 2.35. The van der Waals surface area contributed by atoms with Gasteiger partial charge in [0.25, 0.3) is 0 Å². The van der Waals surface area contributed by atoms with E-state index in [1.165, 1.54) is 67.0 Å². The highest BCUT2D eigenvalue weighted by atomic mass is 32.2. The average molecular weight is 1500 g/mol. The van der Waals surface area contributed by atoms with Gasteiger partial charge in [-0.2, -0.15) is 0 Å². The van der Waals surface area contributed by atoms with E-state index in [0.29, 0.717) is 34.2 Å². The van der Waals surface area contributed by atoms with E-state index in [4.69, 9.17) is 0 Å². The largest absolute Gasteiger partial charge is 0.370 e. The molecule has 0 unspecified atom stereocenters. The molecule has 0 amide bonds. The number of fused-ring (bicyclic) bond motifs is 3. The molecule has 9 rings (SSSR count). The standard InChI is InChI=1S/C15H14S.2C15H16S.C13H21N.C11H17N.2C8H19N.2C6H15N/c1-15(16-2)13-9-5-3-7-11(13)12-8-4-6-10-14(12)15;2*1-15(16-2,13-9-5-3-6-10-13)14-11-7-4-8-12-14;1-10-8-7-9-11(2)12(10)14(6)13(3,4)5;1-11(2,3)12(4)10-8-6-5-7-9-10;2*1-7(2)9(6)8(3,4)5;2*1-6(2,3)7(4)5/h3-10H,1-2H3;2*3-12H,1-2H3;7-9H,1-6H3;5-9H,1-4H3;2*7H,1-6H3;2*1-5H3. The first-order valence-electron chi connectivity index (χ1n) is 38.2. The minimum atomic E-state index is 0.0442. The van der Waals surface area contributed by atoms with Gasteiger partial charge >= 0.3 is 0 Å². The smallest absolute Gasteiger partial charge is 0.0638 e. The Labute approximate surface area is 667 Å². The molecule has 0 heterocycles. The first-order valence-corrected chi connectivity index (χ1v) is 41.9. The number of hydrogen-bond acceptors (Lipinski definition) is 9. The van der Waals surface area contributed by atoms with Crippen molar-refractivity contribution in [3.05, 3.63) is 263 Å². The van der Waals surface area contributed by atoms with Crippen molar-refractivity contribution >= 4 is 46.7 Å². The Balaban J connectivity index is 0.000000606. The molecule has 1 aliphatic rings. The molecule has 0 saturated carbocycles. The summed E-state index contributed by atoms with van der Waals surface area (Å²) in [5.74, 6) is 0. The Morgan fingerprint density at radius 1 is 0.292 bits per heavy atom. The highest BCUT2D eigenvalue weighted by Crippen LogP contribution is 2.53. The number of para-hydroxylation sites is 2. The van der Waals surface area contributed by atoms with Crippen molar-refractivity contribution < 1.29 is 0 Å². The van der Waals surface area contributed by atoms with Crippen molar-refractivity contribution in [2.24, 2.45) is 0 Å². The molecule has 0 fully saturated rings. The molecule has 1 aliphatic carbocycles. The van der Waals surface area contributed by atoms with E-state index in [9.17, 15) is 0 Å². The minimum Gasteiger partial charge on any atom is -0.370 e. The molecular formula is C97H152N6S3. The highest BCUT2D eigenvalue weighted by molar-refractivity contribution is 8.00. The molecule has 0 aromatic heterocycles. The zero-order chi connectivity index (χ0) is 81.6. The summed E-state index contributed by atoms with van der Waals surface area (Å²) in [5, 5.41) is 0. The normalized spacial score (nSPS) is 12.6. The number of thioether (sulfide) groups is 3. The lowest BCUT2D eigenvalue weighted by atomic mass is 9.92. The third-order valence-corrected chi connectivity index (χ3v) is 24.8. The maximum atomic E-state index is 2.35. The van der Waals surface area contributed by atoms with Gasteiger partial charge in [0.2, 0.25) is 0 Å². The minimum absolute atomic E-state index is 0.0442. The molecule has 0 bridgehead atoms. The molecule has 106 heavy (non-hydrogen) atoms. The fourth-order valence-electron chi connectivity index (χ4n) is 10.7. The summed E-state index contributed by atoms with van der Waals surface area (Å²) < 4.78 is 0.207. The van der Waals surface area contributed by atoms with Crippen LogP contribution >= 0.6 is 35.3 Å². The molecule has 0 saturated heterocycles. The number of anilines is 2. The van der Waals surface area contributed by atoms with Gasteiger partial charge < -0.3 is 19.6 Å². The van der Waals surface area contributed by atoms with Crippen LogP contribution < -0.4 is 9.80 Å². The van der Waals surface area contributed by atoms with Crippen molar-refractivity contribution in [2.75, 3.05) is 84.9 Å². The summed E-state index contributed by atoms with van der Waals surface area (Å²) in [6, 6.07) is 78.4. The molecule has 9 heteroatoms. The van der Waals surface area contributed by atoms with Crippen LogP contribution in [0.15, 0.2) is 218 Å². The molecule has 588 valence electrons. The van der Waals surface area contributed by atoms with Crippen molar-refractivity contribution in [3.8, 4) is 11.1 Å². The first kappa shape index (κ1) is 98.3. The van der Waals surface area contributed by atoms with Crippen molar-refractivity contribution in [1.29, 1.82) is 0 Å². The van der Waals surface area contributed by atoms with Gasteiger partial charge in [0.15, 0.2) is 0 Å². The van der Waals surface area contributed by atoms with Gasteiger partial charge in [-0.3, -0.25) is 9.80 Å². The van der Waals surface area contributed by atoms with E-state index in [-0.39, 0.29) is 25.3 Å². The lowest BCUT2D eigenvalue weighted by molar-refractivity contribution is 0.136. The maximum Gasteiger partial charge on any atom is 0.0638 e. The molecule has 6 nitrogen and oxygen atoms in total. The summed E-state index contributed by atoms with van der Waals surface area (Å²) in [6.45, 7) is 59.9. The monoisotopic (exact) mass is 1500 g/mol. The number of rotatable bonds is 11. The van der Waals surface area contributed by atoms with Crippen LogP contribution in [0.1, 0.15) is 218 Å². The Morgan fingerprint density at radius 2 is 0.528 bits per heavy atom. The van der Waals surface area contributed by atoms with Crippen LogP contribution in [0.5, 0.6) is 0 Å². The van der Waals surface area contributed by atoms with E-state index in [2.05, 4.69) is 504 Å². The van der Waals surface area contributed by atoms with Crippen LogP contribution in [0.2, 0.25) is 0 Å². The second-order valence-electron chi connectivity index (χ2n) is 35.2. The Morgan fingerprint density at radius 3 is 0.726 bits per heavy atom. The van der Waals surface area contributed by atoms with E-state index in [1.54, 1.807) is 0 Å². The van der Waals surface area contributed by atoms with Gasteiger partial charge in [0.05, 0.1) is 14.2 Å². The molecule has 8 aromatic rings. The van der Waals surface area contributed by atoms with Crippen molar-refractivity contribution in [1.82, 2.24) is 19.6 Å². The second kappa shape index (κ2) is 44.2. The SMILES string of the molecule is CC(C)N(C)C(C)(C)C.CC(C)N(C)C(C)(C)C.CN(C)C(C)(C)C.CN(C)C(C)(C)C.CN(c1ccccc1)C(C)(C)C.CSC(C)(c1ccccc1)c1ccccc1.CSC(C)(c1ccccc1)c1ccccc1.CSC1(C)c2ccccc2-c2ccccc21.Cc1cccc(C)c1N(C)C(C)(C)C. The van der Waals surface area contributed by atoms with Gasteiger partial charge in [-0.1, -0.05) is 206 Å². The number of hydrogen-bond donors (Lipinski definition) is 0. The fourth-order valence-corrected chi connectivity index (χ4v) is 13.0. The van der Waals surface area contributed by atoms with Crippen LogP contribution in [0.3, 0.4) is 0 Å². The number of nitrogens with zero attached hydrogens (tertiary/aromatic N) is 6. The number of benzene rings is 8. The first-order chi connectivity index (χ1) is 48.8.